The predicted molar refractivity (Wildman–Crippen MR) is 96.5 cm³/mol. The second-order valence-corrected chi connectivity index (χ2v) is 5.83. The van der Waals surface area contributed by atoms with Gasteiger partial charge in [0.15, 0.2) is 16.6 Å². The van der Waals surface area contributed by atoms with Crippen LogP contribution in [-0.2, 0) is 6.42 Å². The van der Waals surface area contributed by atoms with Crippen LogP contribution in [0.4, 0.5) is 5.69 Å². The van der Waals surface area contributed by atoms with Gasteiger partial charge in [-0.3, -0.25) is 0 Å². The summed E-state index contributed by atoms with van der Waals surface area (Å²) in [5.41, 5.74) is 3.40. The quantitative estimate of drug-likeness (QED) is 0.843. The van der Waals surface area contributed by atoms with Crippen molar-refractivity contribution >= 4 is 23.0 Å². The fourth-order valence-electron chi connectivity index (χ4n) is 2.44. The van der Waals surface area contributed by atoms with Crippen molar-refractivity contribution in [1.82, 2.24) is 5.32 Å². The maximum atomic E-state index is 5.60. The highest BCUT2D eigenvalue weighted by atomic mass is 32.1. The minimum absolute atomic E-state index is 0.610. The third kappa shape index (κ3) is 4.13. The fraction of sp³-hybridized carbons (Fsp3) is 0.278. The molecule has 0 unspecified atom stereocenters. The lowest BCUT2D eigenvalue weighted by atomic mass is 10.1. The van der Waals surface area contributed by atoms with Gasteiger partial charge in [0.2, 0.25) is 0 Å². The summed E-state index contributed by atoms with van der Waals surface area (Å²) in [6.45, 7) is 4.05. The van der Waals surface area contributed by atoms with E-state index in [1.807, 2.05) is 30.3 Å². The molecule has 3 rings (SSSR count). The zero-order chi connectivity index (χ0) is 16.1. The van der Waals surface area contributed by atoms with Crippen molar-refractivity contribution in [2.24, 2.45) is 0 Å². The molecule has 4 nitrogen and oxygen atoms in total. The van der Waals surface area contributed by atoms with Crippen molar-refractivity contribution in [2.75, 3.05) is 25.1 Å². The summed E-state index contributed by atoms with van der Waals surface area (Å²) < 4.78 is 11.1. The molecule has 0 bridgehead atoms. The Balaban J connectivity index is 1.49. The molecule has 0 saturated heterocycles. The van der Waals surface area contributed by atoms with Crippen LogP contribution in [0.2, 0.25) is 0 Å². The van der Waals surface area contributed by atoms with Gasteiger partial charge in [0.25, 0.3) is 0 Å². The fourth-order valence-corrected chi connectivity index (χ4v) is 2.66. The van der Waals surface area contributed by atoms with Crippen molar-refractivity contribution in [1.29, 1.82) is 0 Å². The Hall–Kier alpha value is -2.27. The number of ether oxygens (including phenoxy) is 2. The summed E-state index contributed by atoms with van der Waals surface area (Å²) in [7, 11) is 0. The highest BCUT2D eigenvalue weighted by molar-refractivity contribution is 7.80. The Morgan fingerprint density at radius 1 is 1.09 bits per heavy atom. The van der Waals surface area contributed by atoms with Crippen molar-refractivity contribution in [3.8, 4) is 11.5 Å². The average molecular weight is 328 g/mol. The van der Waals surface area contributed by atoms with Gasteiger partial charge in [-0.05, 0) is 54.9 Å². The van der Waals surface area contributed by atoms with E-state index in [0.29, 0.717) is 18.3 Å². The summed E-state index contributed by atoms with van der Waals surface area (Å²) in [5, 5.41) is 7.09. The van der Waals surface area contributed by atoms with E-state index in [1.165, 1.54) is 11.1 Å². The van der Waals surface area contributed by atoms with Crippen molar-refractivity contribution < 1.29 is 9.47 Å². The van der Waals surface area contributed by atoms with Gasteiger partial charge in [-0.25, -0.2) is 0 Å². The smallest absolute Gasteiger partial charge is 0.170 e. The molecule has 0 aromatic heterocycles. The zero-order valence-corrected chi connectivity index (χ0v) is 13.9. The summed E-state index contributed by atoms with van der Waals surface area (Å²) in [6.07, 6.45) is 0.867. The van der Waals surface area contributed by atoms with Gasteiger partial charge in [0.1, 0.15) is 13.2 Å². The van der Waals surface area contributed by atoms with E-state index in [2.05, 4.69) is 29.7 Å². The second-order valence-electron chi connectivity index (χ2n) is 5.42. The molecule has 1 aliphatic rings. The molecule has 0 spiro atoms. The van der Waals surface area contributed by atoms with Gasteiger partial charge >= 0.3 is 0 Å². The molecule has 0 fully saturated rings. The number of nitrogens with one attached hydrogen (secondary N) is 2. The molecule has 0 amide bonds. The highest BCUT2D eigenvalue weighted by Crippen LogP contribution is 2.30. The Kier molecular flexibility index (Phi) is 4.98. The molecule has 23 heavy (non-hydrogen) atoms. The lowest BCUT2D eigenvalue weighted by molar-refractivity contribution is 0.171. The largest absolute Gasteiger partial charge is 0.486 e. The summed E-state index contributed by atoms with van der Waals surface area (Å²) in [4.78, 5) is 0. The topological polar surface area (TPSA) is 42.5 Å². The molecular weight excluding hydrogens is 308 g/mol. The van der Waals surface area contributed by atoms with E-state index in [9.17, 15) is 0 Å². The molecule has 120 valence electrons. The second kappa shape index (κ2) is 7.33. The SMILES string of the molecule is Cc1ccccc1NC(=S)NCCc1ccc2c(c1)OCCO2. The third-order valence-electron chi connectivity index (χ3n) is 3.70. The van der Waals surface area contributed by atoms with Crippen LogP contribution in [0.15, 0.2) is 42.5 Å². The monoisotopic (exact) mass is 328 g/mol. The summed E-state index contributed by atoms with van der Waals surface area (Å²) in [5.74, 6) is 1.65. The molecule has 2 aromatic rings. The summed E-state index contributed by atoms with van der Waals surface area (Å²) >= 11 is 5.34. The molecule has 2 aromatic carbocycles. The average Bonchev–Trinajstić information content (AvgIpc) is 2.57. The first kappa shape index (κ1) is 15.6. The van der Waals surface area contributed by atoms with E-state index in [1.54, 1.807) is 0 Å². The van der Waals surface area contributed by atoms with Crippen LogP contribution < -0.4 is 20.1 Å². The first-order valence-electron chi connectivity index (χ1n) is 7.71. The Bertz CT molecular complexity index is 703. The highest BCUT2D eigenvalue weighted by Gasteiger charge is 2.11. The predicted octanol–water partition coefficient (Wildman–Crippen LogP) is 3.30. The van der Waals surface area contributed by atoms with Crippen molar-refractivity contribution in [3.63, 3.8) is 0 Å². The minimum Gasteiger partial charge on any atom is -0.486 e. The maximum Gasteiger partial charge on any atom is 0.170 e. The molecule has 1 aliphatic heterocycles. The van der Waals surface area contributed by atoms with Gasteiger partial charge < -0.3 is 20.1 Å². The number of anilines is 1. The Labute approximate surface area is 141 Å². The molecule has 0 aliphatic carbocycles. The normalized spacial score (nSPS) is 12.6. The lowest BCUT2D eigenvalue weighted by Crippen LogP contribution is -2.30. The number of aryl methyl sites for hydroxylation is 1. The van der Waals surface area contributed by atoms with Crippen LogP contribution in [0.25, 0.3) is 0 Å². The number of fused-ring (bicyclic) bond motifs is 1. The molecular formula is C18H20N2O2S. The van der Waals surface area contributed by atoms with Crippen molar-refractivity contribution in [3.05, 3.63) is 53.6 Å². The zero-order valence-electron chi connectivity index (χ0n) is 13.1. The van der Waals surface area contributed by atoms with Gasteiger partial charge in [-0.2, -0.15) is 0 Å². The number of benzene rings is 2. The minimum atomic E-state index is 0.610. The third-order valence-corrected chi connectivity index (χ3v) is 3.95. The van der Waals surface area contributed by atoms with E-state index in [-0.39, 0.29) is 0 Å². The number of hydrogen-bond acceptors (Lipinski definition) is 3. The maximum absolute atomic E-state index is 5.60. The number of hydrogen-bond donors (Lipinski definition) is 2. The number of rotatable bonds is 4. The Morgan fingerprint density at radius 2 is 1.87 bits per heavy atom. The standard InChI is InChI=1S/C18H20N2O2S/c1-13-4-2-3-5-15(13)20-18(23)19-9-8-14-6-7-16-17(12-14)22-11-10-21-16/h2-7,12H,8-11H2,1H3,(H2,19,20,23). The molecule has 0 atom stereocenters. The van der Waals surface area contributed by atoms with Crippen LogP contribution in [0.5, 0.6) is 11.5 Å². The number of thiocarbonyl (C=S) groups is 1. The molecule has 1 heterocycles. The van der Waals surface area contributed by atoms with Crippen LogP contribution >= 0.6 is 12.2 Å². The van der Waals surface area contributed by atoms with Crippen LogP contribution in [0.3, 0.4) is 0 Å². The van der Waals surface area contributed by atoms with Crippen LogP contribution in [0, 0.1) is 6.92 Å². The molecule has 5 heteroatoms. The van der Waals surface area contributed by atoms with Gasteiger partial charge in [-0.1, -0.05) is 24.3 Å². The van der Waals surface area contributed by atoms with Crippen molar-refractivity contribution in [2.45, 2.75) is 13.3 Å². The van der Waals surface area contributed by atoms with E-state index in [4.69, 9.17) is 21.7 Å². The van der Waals surface area contributed by atoms with Crippen LogP contribution in [0.1, 0.15) is 11.1 Å². The first-order valence-corrected chi connectivity index (χ1v) is 8.12. The summed E-state index contributed by atoms with van der Waals surface area (Å²) in [6, 6.07) is 14.1. The van der Waals surface area contributed by atoms with E-state index in [0.717, 1.165) is 30.2 Å². The van der Waals surface area contributed by atoms with E-state index < -0.39 is 0 Å². The van der Waals surface area contributed by atoms with Gasteiger partial charge in [0.05, 0.1) is 0 Å². The van der Waals surface area contributed by atoms with E-state index >= 15 is 0 Å². The number of para-hydroxylation sites is 1. The molecule has 0 radical (unpaired) electrons. The Morgan fingerprint density at radius 3 is 2.70 bits per heavy atom. The molecule has 0 saturated carbocycles. The van der Waals surface area contributed by atoms with Gasteiger partial charge in [0, 0.05) is 12.2 Å². The van der Waals surface area contributed by atoms with Crippen LogP contribution in [-0.4, -0.2) is 24.9 Å². The molecule has 2 N–H and O–H groups in total. The lowest BCUT2D eigenvalue weighted by Gasteiger charge is -2.19. The van der Waals surface area contributed by atoms with Gasteiger partial charge in [-0.15, -0.1) is 0 Å². The first-order chi connectivity index (χ1) is 11.2.